The number of para-hydroxylation sites is 1. The van der Waals surface area contributed by atoms with Gasteiger partial charge in [-0.1, -0.05) is 41.1 Å². The molecular weight excluding hydrogens is 502 g/mol. The Balaban J connectivity index is 1.14. The van der Waals surface area contributed by atoms with Crippen LogP contribution in [0.5, 0.6) is 5.75 Å². The van der Waals surface area contributed by atoms with Gasteiger partial charge in [0.25, 0.3) is 5.91 Å². The summed E-state index contributed by atoms with van der Waals surface area (Å²) < 4.78 is 6.64. The van der Waals surface area contributed by atoms with Gasteiger partial charge in [-0.25, -0.2) is 0 Å². The average Bonchev–Trinajstić information content (AvgIpc) is 3.27. The molecule has 5 nitrogen and oxygen atoms in total. The fraction of sp³-hybridized carbons (Fsp3) is 0.483. The number of nitrogens with one attached hydrogen (secondary N) is 2. The molecule has 2 fully saturated rings. The van der Waals surface area contributed by atoms with Crippen LogP contribution in [0.4, 0.5) is 0 Å². The first-order valence-corrected chi connectivity index (χ1v) is 13.8. The topological polar surface area (TPSA) is 57.4 Å². The van der Waals surface area contributed by atoms with Gasteiger partial charge in [0.1, 0.15) is 11.4 Å². The predicted molar refractivity (Wildman–Crippen MR) is 145 cm³/mol. The number of aryl methyl sites for hydroxylation is 1. The second kappa shape index (κ2) is 10.8. The molecule has 1 saturated carbocycles. The van der Waals surface area contributed by atoms with Gasteiger partial charge in [-0.2, -0.15) is 0 Å². The molecule has 1 aliphatic carbocycles. The first-order valence-electron chi connectivity index (χ1n) is 13.0. The van der Waals surface area contributed by atoms with Crippen molar-refractivity contribution in [1.29, 1.82) is 0 Å². The third-order valence-corrected chi connectivity index (χ3v) is 8.60. The van der Waals surface area contributed by atoms with E-state index in [9.17, 15) is 4.79 Å². The van der Waals surface area contributed by atoms with Crippen molar-refractivity contribution in [2.75, 3.05) is 20.2 Å². The summed E-state index contributed by atoms with van der Waals surface area (Å²) in [4.78, 5) is 19.2. The summed E-state index contributed by atoms with van der Waals surface area (Å²) in [5, 5.41) is 4.47. The van der Waals surface area contributed by atoms with Crippen molar-refractivity contribution in [3.05, 3.63) is 63.8 Å². The van der Waals surface area contributed by atoms with Crippen LogP contribution >= 0.6 is 15.9 Å². The van der Waals surface area contributed by atoms with Crippen LogP contribution < -0.4 is 10.1 Å². The third-order valence-electron chi connectivity index (χ3n) is 8.11. The van der Waals surface area contributed by atoms with E-state index in [1.807, 2.05) is 12.1 Å². The number of methoxy groups -OCH3 is 1. The first-order chi connectivity index (χ1) is 17.1. The molecule has 5 rings (SSSR count). The molecule has 2 heterocycles. The molecule has 0 bridgehead atoms. The number of piperidine rings is 1. The van der Waals surface area contributed by atoms with Gasteiger partial charge in [-0.15, -0.1) is 0 Å². The largest absolute Gasteiger partial charge is 0.496 e. The highest BCUT2D eigenvalue weighted by atomic mass is 79.9. The van der Waals surface area contributed by atoms with Crippen molar-refractivity contribution in [3.63, 3.8) is 0 Å². The number of likely N-dealkylation sites (tertiary alicyclic amines) is 1. The molecule has 0 atom stereocenters. The number of fused-ring (bicyclic) bond motifs is 1. The quantitative estimate of drug-likeness (QED) is 0.381. The highest BCUT2D eigenvalue weighted by Crippen LogP contribution is 2.36. The fourth-order valence-corrected chi connectivity index (χ4v) is 6.56. The molecule has 1 aromatic heterocycles. The molecule has 2 N–H and O–H groups in total. The summed E-state index contributed by atoms with van der Waals surface area (Å²) in [7, 11) is 1.77. The van der Waals surface area contributed by atoms with Gasteiger partial charge >= 0.3 is 0 Å². The maximum Gasteiger partial charge on any atom is 0.268 e. The van der Waals surface area contributed by atoms with Crippen LogP contribution in [0.1, 0.15) is 73.0 Å². The highest BCUT2D eigenvalue weighted by Gasteiger charge is 2.31. The summed E-state index contributed by atoms with van der Waals surface area (Å²) in [6, 6.07) is 15.5. The Labute approximate surface area is 216 Å². The number of nitrogens with zero attached hydrogens (tertiary/aromatic N) is 1. The van der Waals surface area contributed by atoms with Gasteiger partial charge in [-0.05, 0) is 99.3 Å². The third kappa shape index (κ3) is 5.14. The molecule has 1 saturated heterocycles. The van der Waals surface area contributed by atoms with Crippen LogP contribution in [0.3, 0.4) is 0 Å². The number of H-pyrrole nitrogens is 1. The zero-order valence-corrected chi connectivity index (χ0v) is 22.4. The lowest BCUT2D eigenvalue weighted by Crippen LogP contribution is -2.46. The van der Waals surface area contributed by atoms with Crippen LogP contribution in [0, 0.1) is 0 Å². The van der Waals surface area contributed by atoms with Crippen LogP contribution in [0.2, 0.25) is 0 Å². The number of carbonyl (C=O) groups excluding carboxylic acids is 1. The van der Waals surface area contributed by atoms with Crippen LogP contribution in [-0.2, 0) is 6.42 Å². The molecular formula is C29H36BrN3O2. The van der Waals surface area contributed by atoms with E-state index in [4.69, 9.17) is 4.74 Å². The number of benzene rings is 2. The van der Waals surface area contributed by atoms with E-state index in [0.29, 0.717) is 12.0 Å². The Kier molecular flexibility index (Phi) is 7.49. The number of amides is 1. The van der Waals surface area contributed by atoms with E-state index in [1.54, 1.807) is 7.11 Å². The van der Waals surface area contributed by atoms with E-state index in [0.717, 1.165) is 77.6 Å². The standard InChI is InChI=1S/C29H36BrN3O2/c1-3-23-25-18-20(30)8-13-26(25)32-28(23)29(34)31-21-9-11-22(12-10-21)33-16-14-19(15-17-33)24-6-4-5-7-27(24)35-2/h4-8,13,18-19,21-22,32H,3,9-12,14-17H2,1-2H3,(H,31,34). The maximum atomic E-state index is 13.2. The fourth-order valence-electron chi connectivity index (χ4n) is 6.20. The highest BCUT2D eigenvalue weighted by molar-refractivity contribution is 9.10. The molecule has 6 heteroatoms. The van der Waals surface area contributed by atoms with Gasteiger partial charge in [0, 0.05) is 27.5 Å². The summed E-state index contributed by atoms with van der Waals surface area (Å²) in [6.45, 7) is 4.41. The number of carbonyl (C=O) groups is 1. The number of halogens is 1. The molecule has 186 valence electrons. The molecule has 0 radical (unpaired) electrons. The van der Waals surface area contributed by atoms with Gasteiger partial charge in [0.05, 0.1) is 7.11 Å². The van der Waals surface area contributed by atoms with Crippen molar-refractivity contribution >= 4 is 32.7 Å². The van der Waals surface area contributed by atoms with Crippen molar-refractivity contribution < 1.29 is 9.53 Å². The summed E-state index contributed by atoms with van der Waals surface area (Å²) in [5.41, 5.74) is 4.21. The maximum absolute atomic E-state index is 13.2. The van der Waals surface area contributed by atoms with Crippen molar-refractivity contribution in [1.82, 2.24) is 15.2 Å². The molecule has 1 amide bonds. The number of aromatic amines is 1. The van der Waals surface area contributed by atoms with Crippen LogP contribution in [-0.4, -0.2) is 48.1 Å². The second-order valence-corrected chi connectivity index (χ2v) is 11.0. The van der Waals surface area contributed by atoms with Crippen molar-refractivity contribution in [2.45, 2.75) is 69.9 Å². The Morgan fingerprint density at radius 3 is 2.54 bits per heavy atom. The van der Waals surface area contributed by atoms with E-state index >= 15 is 0 Å². The van der Waals surface area contributed by atoms with Crippen molar-refractivity contribution in [3.8, 4) is 5.75 Å². The molecule has 1 aliphatic heterocycles. The molecule has 2 aliphatic rings. The van der Waals surface area contributed by atoms with Crippen molar-refractivity contribution in [2.24, 2.45) is 0 Å². The zero-order chi connectivity index (χ0) is 24.4. The predicted octanol–water partition coefficient (Wildman–Crippen LogP) is 6.42. The van der Waals surface area contributed by atoms with Gasteiger partial charge in [-0.3, -0.25) is 4.79 Å². The molecule has 35 heavy (non-hydrogen) atoms. The number of rotatable bonds is 6. The monoisotopic (exact) mass is 537 g/mol. The molecule has 2 aromatic carbocycles. The Morgan fingerprint density at radius 2 is 1.83 bits per heavy atom. The Hall–Kier alpha value is -2.31. The normalized spacial score (nSPS) is 21.8. The van der Waals surface area contributed by atoms with Crippen LogP contribution in [0.25, 0.3) is 10.9 Å². The lowest BCUT2D eigenvalue weighted by atomic mass is 9.85. The number of hydrogen-bond acceptors (Lipinski definition) is 3. The second-order valence-electron chi connectivity index (χ2n) is 10.1. The van der Waals surface area contributed by atoms with Gasteiger partial charge < -0.3 is 19.9 Å². The minimum atomic E-state index is 0.0373. The van der Waals surface area contributed by atoms with Gasteiger partial charge in [0.15, 0.2) is 0 Å². The number of ether oxygens (including phenoxy) is 1. The Morgan fingerprint density at radius 1 is 1.09 bits per heavy atom. The number of aromatic nitrogens is 1. The smallest absolute Gasteiger partial charge is 0.268 e. The molecule has 0 unspecified atom stereocenters. The first kappa shape index (κ1) is 24.4. The minimum absolute atomic E-state index is 0.0373. The minimum Gasteiger partial charge on any atom is -0.496 e. The Bertz CT molecular complexity index is 1170. The summed E-state index contributed by atoms with van der Waals surface area (Å²) in [5.74, 6) is 1.65. The summed E-state index contributed by atoms with van der Waals surface area (Å²) in [6.07, 6.45) is 7.62. The number of hydrogen-bond donors (Lipinski definition) is 2. The van der Waals surface area contributed by atoms with E-state index in [-0.39, 0.29) is 11.9 Å². The van der Waals surface area contributed by atoms with Crippen LogP contribution in [0.15, 0.2) is 46.9 Å². The van der Waals surface area contributed by atoms with Gasteiger partial charge in [0.2, 0.25) is 0 Å². The molecule has 3 aromatic rings. The lowest BCUT2D eigenvalue weighted by Gasteiger charge is -2.41. The van der Waals surface area contributed by atoms with E-state index < -0.39 is 0 Å². The SMILES string of the molecule is CCc1c(C(=O)NC2CCC(N3CCC(c4ccccc4OC)CC3)CC2)[nH]c2ccc(Br)cc12. The zero-order valence-electron chi connectivity index (χ0n) is 20.8. The summed E-state index contributed by atoms with van der Waals surface area (Å²) >= 11 is 3.56. The van der Waals surface area contributed by atoms with E-state index in [2.05, 4.69) is 68.4 Å². The molecule has 0 spiro atoms. The lowest BCUT2D eigenvalue weighted by molar-refractivity contribution is 0.0873. The van der Waals surface area contributed by atoms with E-state index in [1.165, 1.54) is 18.4 Å². The average molecular weight is 539 g/mol.